The van der Waals surface area contributed by atoms with Crippen molar-refractivity contribution in [1.82, 2.24) is 9.99 Å². The second kappa shape index (κ2) is 9.91. The number of pyridine rings is 1. The summed E-state index contributed by atoms with van der Waals surface area (Å²) in [4.78, 5) is 29.5. The Morgan fingerprint density at radius 2 is 1.94 bits per heavy atom. The number of fused-ring (bicyclic) bond motifs is 1. The molecule has 2 heterocycles. The normalized spacial score (nSPS) is 15.3. The van der Waals surface area contributed by atoms with Crippen molar-refractivity contribution in [2.75, 3.05) is 7.11 Å². The Bertz CT molecular complexity index is 1580. The van der Waals surface area contributed by atoms with Gasteiger partial charge in [0.1, 0.15) is 5.75 Å². The van der Waals surface area contributed by atoms with Gasteiger partial charge in [0.25, 0.3) is 5.56 Å². The van der Waals surface area contributed by atoms with E-state index >= 15 is 0 Å². The highest BCUT2D eigenvalue weighted by atomic mass is 79.9. The van der Waals surface area contributed by atoms with E-state index in [1.54, 1.807) is 20.1 Å². The predicted octanol–water partition coefficient (Wildman–Crippen LogP) is 6.71. The standard InChI is InChI=1S/C28H23BrClN3O3/c1-3-25(34)33-24(16-7-6-8-18(13-16)36-2)15-23(32-33)27-26(19-9-4-5-10-21(19)30)20-14-17(29)11-12-22(20)31-28(27)35/h4-14,24H,3,15H2,1-2H3,(H,31,35)/t24-/m1/s1. The summed E-state index contributed by atoms with van der Waals surface area (Å²) < 4.78 is 6.27. The van der Waals surface area contributed by atoms with E-state index in [-0.39, 0.29) is 23.9 Å². The molecule has 0 bridgehead atoms. The lowest BCUT2D eigenvalue weighted by Crippen LogP contribution is -2.26. The van der Waals surface area contributed by atoms with Gasteiger partial charge in [0, 0.05) is 44.4 Å². The first-order valence-electron chi connectivity index (χ1n) is 11.6. The molecule has 1 aliphatic heterocycles. The van der Waals surface area contributed by atoms with Crippen LogP contribution in [0.4, 0.5) is 0 Å². The van der Waals surface area contributed by atoms with Crippen molar-refractivity contribution in [3.63, 3.8) is 0 Å². The number of nitrogens with one attached hydrogen (secondary N) is 1. The van der Waals surface area contributed by atoms with Gasteiger partial charge in [0.05, 0.1) is 24.4 Å². The zero-order valence-corrected chi connectivity index (χ0v) is 22.1. The summed E-state index contributed by atoms with van der Waals surface area (Å²) in [5, 5.41) is 7.57. The molecule has 0 unspecified atom stereocenters. The van der Waals surface area contributed by atoms with Crippen LogP contribution < -0.4 is 10.3 Å². The van der Waals surface area contributed by atoms with Crippen molar-refractivity contribution in [2.45, 2.75) is 25.8 Å². The van der Waals surface area contributed by atoms with E-state index in [0.29, 0.717) is 39.5 Å². The third-order valence-electron chi connectivity index (χ3n) is 6.35. The minimum absolute atomic E-state index is 0.128. The maximum atomic E-state index is 13.6. The van der Waals surface area contributed by atoms with Gasteiger partial charge in [-0.05, 0) is 42.0 Å². The van der Waals surface area contributed by atoms with Gasteiger partial charge in [-0.15, -0.1) is 0 Å². The van der Waals surface area contributed by atoms with Crippen molar-refractivity contribution in [3.05, 3.63) is 97.7 Å². The number of halogens is 2. The monoisotopic (exact) mass is 563 g/mol. The number of aromatic amines is 1. The van der Waals surface area contributed by atoms with E-state index in [4.69, 9.17) is 21.4 Å². The zero-order chi connectivity index (χ0) is 25.4. The zero-order valence-electron chi connectivity index (χ0n) is 19.7. The Morgan fingerprint density at radius 3 is 2.69 bits per heavy atom. The Morgan fingerprint density at radius 1 is 1.14 bits per heavy atom. The van der Waals surface area contributed by atoms with Gasteiger partial charge in [-0.1, -0.05) is 64.8 Å². The number of hydrazone groups is 1. The van der Waals surface area contributed by atoms with Gasteiger partial charge < -0.3 is 9.72 Å². The summed E-state index contributed by atoms with van der Waals surface area (Å²) in [6.45, 7) is 1.80. The lowest BCUT2D eigenvalue weighted by Gasteiger charge is -2.21. The number of H-pyrrole nitrogens is 1. The SMILES string of the molecule is CCC(=O)N1N=C(c2c(-c3ccccc3Cl)c3cc(Br)ccc3[nH]c2=O)C[C@@H]1c1cccc(OC)c1. The van der Waals surface area contributed by atoms with Crippen molar-refractivity contribution in [3.8, 4) is 16.9 Å². The fourth-order valence-electron chi connectivity index (χ4n) is 4.65. The molecule has 182 valence electrons. The van der Waals surface area contributed by atoms with Crippen molar-refractivity contribution in [2.24, 2.45) is 5.10 Å². The highest BCUT2D eigenvalue weighted by Crippen LogP contribution is 2.40. The summed E-state index contributed by atoms with van der Waals surface area (Å²) in [6.07, 6.45) is 0.661. The highest BCUT2D eigenvalue weighted by Gasteiger charge is 2.35. The number of benzene rings is 3. The molecule has 1 amide bonds. The maximum absolute atomic E-state index is 13.6. The van der Waals surface area contributed by atoms with Gasteiger partial charge in [-0.25, -0.2) is 5.01 Å². The van der Waals surface area contributed by atoms with E-state index in [9.17, 15) is 9.59 Å². The lowest BCUT2D eigenvalue weighted by atomic mass is 9.91. The van der Waals surface area contributed by atoms with Crippen LogP contribution in [0, 0.1) is 0 Å². The quantitative estimate of drug-likeness (QED) is 0.293. The molecule has 1 atom stereocenters. The van der Waals surface area contributed by atoms with Gasteiger partial charge in [0.2, 0.25) is 5.91 Å². The molecule has 1 aromatic heterocycles. The number of amides is 1. The molecule has 8 heteroatoms. The fraction of sp³-hybridized carbons (Fsp3) is 0.179. The second-order valence-electron chi connectivity index (χ2n) is 8.51. The Labute approximate surface area is 221 Å². The summed E-state index contributed by atoms with van der Waals surface area (Å²) in [6, 6.07) is 20.3. The van der Waals surface area contributed by atoms with Crippen LogP contribution in [0.25, 0.3) is 22.0 Å². The van der Waals surface area contributed by atoms with Crippen molar-refractivity contribution in [1.29, 1.82) is 0 Å². The van der Waals surface area contributed by atoms with Crippen LogP contribution in [0.1, 0.15) is 36.9 Å². The number of nitrogens with zero attached hydrogens (tertiary/aromatic N) is 2. The van der Waals surface area contributed by atoms with Gasteiger partial charge in [-0.3, -0.25) is 9.59 Å². The Balaban J connectivity index is 1.75. The molecule has 4 aromatic rings. The van der Waals surface area contributed by atoms with Crippen LogP contribution in [0.3, 0.4) is 0 Å². The molecular weight excluding hydrogens is 542 g/mol. The molecule has 0 radical (unpaired) electrons. The smallest absolute Gasteiger partial charge is 0.258 e. The minimum Gasteiger partial charge on any atom is -0.497 e. The van der Waals surface area contributed by atoms with Gasteiger partial charge >= 0.3 is 0 Å². The van der Waals surface area contributed by atoms with E-state index < -0.39 is 0 Å². The molecule has 0 saturated heterocycles. The Hall–Kier alpha value is -3.42. The molecule has 0 fully saturated rings. The van der Waals surface area contributed by atoms with Crippen LogP contribution in [0.15, 0.2) is 81.1 Å². The number of carbonyl (C=O) groups is 1. The number of methoxy groups -OCH3 is 1. The summed E-state index contributed by atoms with van der Waals surface area (Å²) >= 11 is 10.2. The third kappa shape index (κ3) is 4.33. The first-order valence-corrected chi connectivity index (χ1v) is 12.7. The first kappa shape index (κ1) is 24.3. The van der Waals surface area contributed by atoms with Crippen molar-refractivity contribution < 1.29 is 9.53 Å². The van der Waals surface area contributed by atoms with Crippen LogP contribution in [-0.2, 0) is 4.79 Å². The number of ether oxygens (including phenoxy) is 1. The molecule has 1 N–H and O–H groups in total. The fourth-order valence-corrected chi connectivity index (χ4v) is 5.24. The number of hydrogen-bond donors (Lipinski definition) is 1. The molecular formula is C28H23BrClN3O3. The van der Waals surface area contributed by atoms with E-state index in [2.05, 4.69) is 20.9 Å². The molecule has 6 nitrogen and oxygen atoms in total. The number of rotatable bonds is 5. The predicted molar refractivity (Wildman–Crippen MR) is 147 cm³/mol. The molecule has 3 aromatic carbocycles. The van der Waals surface area contributed by atoms with Crippen LogP contribution in [0.5, 0.6) is 5.75 Å². The summed E-state index contributed by atoms with van der Waals surface area (Å²) in [7, 11) is 1.60. The van der Waals surface area contributed by atoms with Gasteiger partial charge in [-0.2, -0.15) is 5.10 Å². The number of hydrogen-bond acceptors (Lipinski definition) is 4. The third-order valence-corrected chi connectivity index (χ3v) is 7.18. The summed E-state index contributed by atoms with van der Waals surface area (Å²) in [5.41, 5.74) is 3.64. The molecule has 1 aliphatic rings. The average Bonchev–Trinajstić information content (AvgIpc) is 3.33. The number of aromatic nitrogens is 1. The first-order chi connectivity index (χ1) is 17.4. The van der Waals surface area contributed by atoms with E-state index in [1.165, 1.54) is 5.01 Å². The number of carbonyl (C=O) groups excluding carboxylic acids is 1. The maximum Gasteiger partial charge on any atom is 0.258 e. The largest absolute Gasteiger partial charge is 0.497 e. The van der Waals surface area contributed by atoms with Crippen LogP contribution in [-0.4, -0.2) is 28.7 Å². The Kier molecular flexibility index (Phi) is 6.69. The molecule has 0 saturated carbocycles. The second-order valence-corrected chi connectivity index (χ2v) is 9.83. The topological polar surface area (TPSA) is 74.8 Å². The van der Waals surface area contributed by atoms with Crippen molar-refractivity contribution >= 4 is 50.1 Å². The molecule has 36 heavy (non-hydrogen) atoms. The molecule has 0 aliphatic carbocycles. The molecule has 0 spiro atoms. The van der Waals surface area contributed by atoms with E-state index in [1.807, 2.05) is 60.7 Å². The lowest BCUT2D eigenvalue weighted by molar-refractivity contribution is -0.132. The average molecular weight is 565 g/mol. The molecule has 5 rings (SSSR count). The van der Waals surface area contributed by atoms with Crippen LogP contribution >= 0.6 is 27.5 Å². The minimum atomic E-state index is -0.362. The van der Waals surface area contributed by atoms with Crippen LogP contribution in [0.2, 0.25) is 5.02 Å². The highest BCUT2D eigenvalue weighted by molar-refractivity contribution is 9.10. The van der Waals surface area contributed by atoms with Gasteiger partial charge in [0.15, 0.2) is 0 Å². The summed E-state index contributed by atoms with van der Waals surface area (Å²) in [5.74, 6) is 0.562. The van der Waals surface area contributed by atoms with E-state index in [0.717, 1.165) is 21.0 Å².